The quantitative estimate of drug-likeness (QED) is 0.153. The number of piperazine rings is 1. The van der Waals surface area contributed by atoms with E-state index in [9.17, 15) is 9.90 Å². The maximum atomic E-state index is 17.1. The summed E-state index contributed by atoms with van der Waals surface area (Å²) in [5.41, 5.74) is 0.525. The number of terminal acetylenes is 1. The molecule has 0 radical (unpaired) electrons. The van der Waals surface area contributed by atoms with Crippen LogP contribution in [0.4, 0.5) is 8.78 Å². The van der Waals surface area contributed by atoms with Gasteiger partial charge in [0.15, 0.2) is 11.6 Å². The number of aliphatic imine (C=N–C) groups is 3. The van der Waals surface area contributed by atoms with Crippen LogP contribution in [0.5, 0.6) is 11.6 Å². The van der Waals surface area contributed by atoms with Gasteiger partial charge in [0.1, 0.15) is 34.7 Å². The summed E-state index contributed by atoms with van der Waals surface area (Å²) in [7, 11) is 0. The molecule has 4 unspecified atom stereocenters. The minimum atomic E-state index is -0.715. The molecule has 5 aliphatic rings. The van der Waals surface area contributed by atoms with E-state index in [0.717, 1.165) is 58.2 Å². The molecule has 60 heavy (non-hydrogen) atoms. The summed E-state index contributed by atoms with van der Waals surface area (Å²) in [6.07, 6.45) is 13.2. The van der Waals surface area contributed by atoms with Crippen LogP contribution in [0.3, 0.4) is 0 Å². The minimum Gasteiger partial charge on any atom is -0.508 e. The average molecular weight is 821 g/mol. The minimum absolute atomic E-state index is 0.0407. The fraction of sp³-hybridized carbons (Fsp3) is 0.500. The van der Waals surface area contributed by atoms with Crippen molar-refractivity contribution in [1.82, 2.24) is 25.2 Å². The summed E-state index contributed by atoms with van der Waals surface area (Å²) >= 11 is 0. The van der Waals surface area contributed by atoms with E-state index in [1.54, 1.807) is 12.3 Å². The number of carbonyl (C=O) groups is 1. The number of ether oxygens (including phenoxy) is 1. The van der Waals surface area contributed by atoms with Gasteiger partial charge in [0.05, 0.1) is 24.3 Å². The fourth-order valence-electron chi connectivity index (χ4n) is 9.61. The van der Waals surface area contributed by atoms with Crippen molar-refractivity contribution < 1.29 is 27.9 Å². The number of hydrogen-bond donors (Lipinski definition) is 2. The van der Waals surface area contributed by atoms with Crippen LogP contribution in [0.15, 0.2) is 67.1 Å². The van der Waals surface area contributed by atoms with Crippen LogP contribution in [-0.4, -0.2) is 120 Å². The lowest BCUT2D eigenvalue weighted by Crippen LogP contribution is -2.50. The van der Waals surface area contributed by atoms with Crippen LogP contribution in [-0.2, 0) is 4.79 Å². The SMILES string of the molecule is C#Cc1c(F)ccc2cc(O)cc(C3=C(F)C(=NCCN4CCC(COc5cc(C(C(=O)N6CCCC6C)C(C)C)on5)CC4)/C(=C(\N=C)N4CC5CCC(C4)N5)C=N3)c12. The molecule has 2 aromatic carbocycles. The molecule has 0 aliphatic carbocycles. The van der Waals surface area contributed by atoms with Gasteiger partial charge in [0.2, 0.25) is 5.91 Å². The van der Waals surface area contributed by atoms with Gasteiger partial charge in [0.25, 0.3) is 5.88 Å². The number of fused-ring (bicyclic) bond motifs is 3. The zero-order valence-corrected chi connectivity index (χ0v) is 34.7. The second-order valence-electron chi connectivity index (χ2n) is 17.2. The molecule has 0 saturated carbocycles. The molecule has 4 saturated heterocycles. The molecule has 0 spiro atoms. The van der Waals surface area contributed by atoms with Crippen molar-refractivity contribution in [3.8, 4) is 24.0 Å². The van der Waals surface area contributed by atoms with Gasteiger partial charge in [-0.25, -0.2) is 13.8 Å². The first-order valence-electron chi connectivity index (χ1n) is 21.3. The Morgan fingerprint density at radius 2 is 1.88 bits per heavy atom. The van der Waals surface area contributed by atoms with Crippen molar-refractivity contribution in [2.24, 2.45) is 26.8 Å². The summed E-state index contributed by atoms with van der Waals surface area (Å²) in [4.78, 5) is 33.7. The first-order chi connectivity index (χ1) is 29.0. The Morgan fingerprint density at radius 3 is 2.57 bits per heavy atom. The van der Waals surface area contributed by atoms with Crippen molar-refractivity contribution in [3.63, 3.8) is 0 Å². The predicted octanol–water partition coefficient (Wildman–Crippen LogP) is 6.71. The largest absolute Gasteiger partial charge is 0.508 e. The summed E-state index contributed by atoms with van der Waals surface area (Å²) in [6.45, 7) is 15.2. The van der Waals surface area contributed by atoms with Gasteiger partial charge >= 0.3 is 0 Å². The Balaban J connectivity index is 0.967. The Labute approximate surface area is 350 Å². The van der Waals surface area contributed by atoms with E-state index in [-0.39, 0.29) is 51.5 Å². The van der Waals surface area contributed by atoms with E-state index in [1.165, 1.54) is 24.3 Å². The number of benzene rings is 2. The summed E-state index contributed by atoms with van der Waals surface area (Å²) in [6, 6.07) is 8.15. The predicted molar refractivity (Wildman–Crippen MR) is 230 cm³/mol. The van der Waals surface area contributed by atoms with Crippen molar-refractivity contribution in [2.45, 2.75) is 83.3 Å². The van der Waals surface area contributed by atoms with Gasteiger partial charge in [-0.3, -0.25) is 14.8 Å². The molecule has 4 fully saturated rings. The van der Waals surface area contributed by atoms with E-state index < -0.39 is 17.6 Å². The van der Waals surface area contributed by atoms with Crippen LogP contribution >= 0.6 is 0 Å². The van der Waals surface area contributed by atoms with E-state index in [1.807, 2.05) is 18.7 Å². The molecule has 8 rings (SSSR count). The molecule has 14 heteroatoms. The molecular formula is C46H54F2N8O4. The van der Waals surface area contributed by atoms with Crippen molar-refractivity contribution in [2.75, 3.05) is 52.4 Å². The van der Waals surface area contributed by atoms with Crippen molar-refractivity contribution in [3.05, 3.63) is 70.3 Å². The highest BCUT2D eigenvalue weighted by molar-refractivity contribution is 6.29. The number of nitrogens with one attached hydrogen (secondary N) is 1. The molecule has 1 aromatic heterocycles. The first-order valence-corrected chi connectivity index (χ1v) is 21.3. The molecule has 3 aromatic rings. The lowest BCUT2D eigenvalue weighted by molar-refractivity contribution is -0.134. The number of amides is 1. The zero-order valence-electron chi connectivity index (χ0n) is 34.7. The third-order valence-corrected chi connectivity index (χ3v) is 12.8. The lowest BCUT2D eigenvalue weighted by atomic mass is 9.91. The Morgan fingerprint density at radius 1 is 1.12 bits per heavy atom. The van der Waals surface area contributed by atoms with E-state index >= 15 is 8.78 Å². The Kier molecular flexibility index (Phi) is 12.2. The smallest absolute Gasteiger partial charge is 0.254 e. The second-order valence-corrected chi connectivity index (χ2v) is 17.2. The van der Waals surface area contributed by atoms with E-state index in [0.29, 0.717) is 79.2 Å². The van der Waals surface area contributed by atoms with E-state index in [4.69, 9.17) is 20.7 Å². The van der Waals surface area contributed by atoms with Gasteiger partial charge in [0, 0.05) is 67.5 Å². The number of carbonyl (C=O) groups excluding carboxylic acids is 1. The maximum Gasteiger partial charge on any atom is 0.254 e. The monoisotopic (exact) mass is 820 g/mol. The third-order valence-electron chi connectivity index (χ3n) is 12.8. The van der Waals surface area contributed by atoms with Gasteiger partial charge in [-0.1, -0.05) is 25.8 Å². The van der Waals surface area contributed by atoms with Gasteiger partial charge in [-0.15, -0.1) is 6.42 Å². The molecule has 2 N–H and O–H groups in total. The highest BCUT2D eigenvalue weighted by Crippen LogP contribution is 2.39. The molecule has 316 valence electrons. The molecule has 1 amide bonds. The average Bonchev–Trinajstić information content (AvgIpc) is 3.98. The second kappa shape index (κ2) is 17.7. The number of rotatable bonds is 12. The van der Waals surface area contributed by atoms with Gasteiger partial charge in [-0.05, 0) is 106 Å². The number of aromatic hydroxyl groups is 1. The lowest BCUT2D eigenvalue weighted by Gasteiger charge is -2.35. The van der Waals surface area contributed by atoms with Crippen LogP contribution in [0.25, 0.3) is 16.5 Å². The van der Waals surface area contributed by atoms with Crippen molar-refractivity contribution >= 4 is 41.0 Å². The Hall–Kier alpha value is -5.39. The topological polar surface area (TPSA) is 131 Å². The third kappa shape index (κ3) is 8.34. The van der Waals surface area contributed by atoms with Crippen LogP contribution in [0, 0.1) is 30.0 Å². The number of nitrogens with zero attached hydrogens (tertiary/aromatic N) is 7. The van der Waals surface area contributed by atoms with Gasteiger partial charge in [-0.2, -0.15) is 0 Å². The zero-order chi connectivity index (χ0) is 42.1. The summed E-state index contributed by atoms with van der Waals surface area (Å²) < 4.78 is 43.9. The molecule has 12 nitrogen and oxygen atoms in total. The number of piperidine rings is 1. The number of hydrogen-bond acceptors (Lipinski definition) is 11. The number of phenols is 1. The van der Waals surface area contributed by atoms with E-state index in [2.05, 4.69) is 49.8 Å². The molecule has 5 aliphatic heterocycles. The van der Waals surface area contributed by atoms with Crippen molar-refractivity contribution in [1.29, 1.82) is 0 Å². The fourth-order valence-corrected chi connectivity index (χ4v) is 9.61. The molecular weight excluding hydrogens is 767 g/mol. The van der Waals surface area contributed by atoms with Gasteiger partial charge < -0.3 is 34.4 Å². The molecule has 4 atom stereocenters. The first kappa shape index (κ1) is 41.3. The number of aromatic nitrogens is 1. The number of phenolic OH excluding ortho intramolecular Hbond substituents is 1. The molecule has 6 heterocycles. The van der Waals surface area contributed by atoms with Crippen LogP contribution in [0.1, 0.15) is 82.1 Å². The standard InChI is InChI=1S/C46H54F2N8O4/c1-6-34-37(47)12-9-30-20-33(57)21-35(41(30)34)43-42(48)44(36(23-51-43)45(49-5)55-24-31-10-11-32(25-55)52-31)50-15-19-54-17-13-29(14-18-54)26-59-39-22-38(60-53-39)40(27(2)3)46(58)56-16-7-8-28(56)4/h1,9,12,20-23,27-29,31-32,40,52,57H,5,7-8,10-11,13-19,24-26H2,2-4H3/b45-36+,50-44?. The molecule has 2 bridgehead atoms. The number of allylic oxidation sites excluding steroid dienone is 2. The normalized spacial score (nSPS) is 24.5. The summed E-state index contributed by atoms with van der Waals surface area (Å²) in [5, 5.41) is 19.2. The van der Waals surface area contributed by atoms with Crippen LogP contribution < -0.4 is 10.1 Å². The number of likely N-dealkylation sites (tertiary alicyclic amines) is 3. The highest BCUT2D eigenvalue weighted by atomic mass is 19.1. The Bertz CT molecular complexity index is 2290. The number of halogens is 2. The van der Waals surface area contributed by atoms with Crippen LogP contribution in [0.2, 0.25) is 0 Å². The summed E-state index contributed by atoms with van der Waals surface area (Å²) in [5.74, 6) is 2.41. The highest BCUT2D eigenvalue weighted by Gasteiger charge is 2.37. The maximum absolute atomic E-state index is 17.1.